The Hall–Kier alpha value is -2.41. The highest BCUT2D eigenvalue weighted by atomic mass is 32.1. The first kappa shape index (κ1) is 13.6. The molecule has 2 N–H and O–H groups in total. The zero-order chi connectivity index (χ0) is 15.0. The molecule has 108 valence electrons. The van der Waals surface area contributed by atoms with Crippen LogP contribution in [0.3, 0.4) is 0 Å². The van der Waals surface area contributed by atoms with E-state index in [1.165, 1.54) is 11.3 Å². The molecule has 0 bridgehead atoms. The van der Waals surface area contributed by atoms with Crippen LogP contribution >= 0.6 is 11.3 Å². The van der Waals surface area contributed by atoms with Gasteiger partial charge in [-0.2, -0.15) is 0 Å². The van der Waals surface area contributed by atoms with Gasteiger partial charge in [0.15, 0.2) is 11.2 Å². The lowest BCUT2D eigenvalue weighted by Gasteiger charge is -2.23. The van der Waals surface area contributed by atoms with Gasteiger partial charge in [0.25, 0.3) is 11.8 Å². The number of rotatable bonds is 2. The van der Waals surface area contributed by atoms with Gasteiger partial charge in [0.05, 0.1) is 11.4 Å². The van der Waals surface area contributed by atoms with Gasteiger partial charge in [0.2, 0.25) is 0 Å². The molecule has 0 saturated carbocycles. The Morgan fingerprint density at radius 2 is 2.29 bits per heavy atom. The fourth-order valence-electron chi connectivity index (χ4n) is 1.93. The fraction of sp³-hybridized carbons (Fsp3) is 0.214. The van der Waals surface area contributed by atoms with Crippen molar-refractivity contribution in [2.45, 2.75) is 20.0 Å². The van der Waals surface area contributed by atoms with Gasteiger partial charge in [-0.25, -0.2) is 4.98 Å². The molecule has 2 aromatic rings. The van der Waals surface area contributed by atoms with Gasteiger partial charge in [-0.15, -0.1) is 11.3 Å². The van der Waals surface area contributed by atoms with Crippen LogP contribution in [0.5, 0.6) is 5.75 Å². The van der Waals surface area contributed by atoms with Crippen molar-refractivity contribution in [1.29, 1.82) is 0 Å². The van der Waals surface area contributed by atoms with Crippen LogP contribution in [0.25, 0.3) is 0 Å². The molecule has 1 atom stereocenters. The zero-order valence-electron chi connectivity index (χ0n) is 11.5. The summed E-state index contributed by atoms with van der Waals surface area (Å²) in [6, 6.07) is 4.92. The Balaban J connectivity index is 1.82. The third kappa shape index (κ3) is 2.73. The van der Waals surface area contributed by atoms with Crippen LogP contribution in [0.15, 0.2) is 23.6 Å². The largest absolute Gasteiger partial charge is 0.479 e. The van der Waals surface area contributed by atoms with Gasteiger partial charge >= 0.3 is 0 Å². The van der Waals surface area contributed by atoms with Crippen molar-refractivity contribution in [2.75, 3.05) is 10.6 Å². The molecule has 7 heteroatoms. The number of carbonyl (C=O) groups excluding carboxylic acids is 2. The lowest BCUT2D eigenvalue weighted by Crippen LogP contribution is -2.34. The molecule has 21 heavy (non-hydrogen) atoms. The van der Waals surface area contributed by atoms with E-state index >= 15 is 0 Å². The molecule has 2 amide bonds. The van der Waals surface area contributed by atoms with Crippen LogP contribution in [0.2, 0.25) is 0 Å². The van der Waals surface area contributed by atoms with Crippen LogP contribution in [0.4, 0.5) is 10.8 Å². The Labute approximate surface area is 125 Å². The van der Waals surface area contributed by atoms with E-state index < -0.39 is 6.10 Å². The van der Waals surface area contributed by atoms with E-state index in [4.69, 9.17) is 4.74 Å². The van der Waals surface area contributed by atoms with Gasteiger partial charge in [0, 0.05) is 10.9 Å². The zero-order valence-corrected chi connectivity index (χ0v) is 12.3. The summed E-state index contributed by atoms with van der Waals surface area (Å²) in [6.45, 7) is 3.53. The predicted octanol–water partition coefficient (Wildman–Crippen LogP) is 2.42. The number of aryl methyl sites for hydroxylation is 1. The number of hydrogen-bond acceptors (Lipinski definition) is 5. The normalized spacial score (nSPS) is 16.7. The number of benzene rings is 1. The number of ether oxygens (including phenoxy) is 1. The molecular weight excluding hydrogens is 290 g/mol. The second kappa shape index (κ2) is 5.17. The first-order valence-electron chi connectivity index (χ1n) is 6.38. The summed E-state index contributed by atoms with van der Waals surface area (Å²) in [5.74, 6) is 0.0550. The second-order valence-electron chi connectivity index (χ2n) is 4.71. The maximum absolute atomic E-state index is 12.2. The van der Waals surface area contributed by atoms with E-state index in [1.54, 1.807) is 25.1 Å². The van der Waals surface area contributed by atoms with Crippen molar-refractivity contribution in [1.82, 2.24) is 4.98 Å². The van der Waals surface area contributed by atoms with Crippen LogP contribution in [0.1, 0.15) is 23.0 Å². The Morgan fingerprint density at radius 3 is 3.00 bits per heavy atom. The predicted molar refractivity (Wildman–Crippen MR) is 80.0 cm³/mol. The van der Waals surface area contributed by atoms with Gasteiger partial charge in [-0.3, -0.25) is 14.9 Å². The molecule has 0 saturated heterocycles. The molecule has 1 aliphatic rings. The van der Waals surface area contributed by atoms with E-state index in [9.17, 15) is 9.59 Å². The smallest absolute Gasteiger partial charge is 0.265 e. The summed E-state index contributed by atoms with van der Waals surface area (Å²) >= 11 is 1.36. The number of nitrogens with zero attached hydrogens (tertiary/aromatic N) is 1. The molecule has 0 fully saturated rings. The first-order valence-corrected chi connectivity index (χ1v) is 7.26. The molecule has 0 radical (unpaired) electrons. The highest BCUT2D eigenvalue weighted by Crippen LogP contribution is 2.30. The van der Waals surface area contributed by atoms with E-state index in [0.29, 0.717) is 22.1 Å². The van der Waals surface area contributed by atoms with Crippen LogP contribution in [-0.4, -0.2) is 22.9 Å². The molecular formula is C14H13N3O3S. The summed E-state index contributed by atoms with van der Waals surface area (Å²) in [6.07, 6.45) is -0.532. The summed E-state index contributed by atoms with van der Waals surface area (Å²) in [5.41, 5.74) is 1.79. The summed E-state index contributed by atoms with van der Waals surface area (Å²) in [5, 5.41) is 7.84. The standard InChI is InChI=1S/C14H13N3O3S/c1-7-6-21-14(15-7)17-13(19)9-3-4-11-10(5-9)16-12(18)8(2)20-11/h3-6,8H,1-2H3,(H,16,18)(H,15,17,19). The molecule has 0 aliphatic carbocycles. The van der Waals surface area contributed by atoms with Crippen LogP contribution in [0, 0.1) is 6.92 Å². The maximum Gasteiger partial charge on any atom is 0.265 e. The van der Waals surface area contributed by atoms with E-state index in [-0.39, 0.29) is 11.8 Å². The Morgan fingerprint density at radius 1 is 1.48 bits per heavy atom. The SMILES string of the molecule is Cc1csc(NC(=O)c2ccc3c(c2)NC(=O)C(C)O3)n1. The van der Waals surface area contributed by atoms with Crippen molar-refractivity contribution < 1.29 is 14.3 Å². The third-order valence-electron chi connectivity index (χ3n) is 3.01. The number of aromatic nitrogens is 1. The quantitative estimate of drug-likeness (QED) is 0.893. The topological polar surface area (TPSA) is 80.3 Å². The maximum atomic E-state index is 12.2. The minimum absolute atomic E-state index is 0.226. The minimum atomic E-state index is -0.532. The summed E-state index contributed by atoms with van der Waals surface area (Å²) < 4.78 is 5.45. The third-order valence-corrected chi connectivity index (χ3v) is 3.89. The fourth-order valence-corrected chi connectivity index (χ4v) is 2.61. The first-order chi connectivity index (χ1) is 10.0. The number of hydrogen-bond donors (Lipinski definition) is 2. The summed E-state index contributed by atoms with van der Waals surface area (Å²) in [7, 11) is 0. The van der Waals surface area contributed by atoms with Crippen molar-refractivity contribution in [3.8, 4) is 5.75 Å². The van der Waals surface area contributed by atoms with Gasteiger partial charge in [-0.1, -0.05) is 0 Å². The number of carbonyl (C=O) groups is 2. The number of amides is 2. The van der Waals surface area contributed by atoms with Gasteiger partial charge in [-0.05, 0) is 32.0 Å². The lowest BCUT2D eigenvalue weighted by atomic mass is 10.1. The van der Waals surface area contributed by atoms with Gasteiger partial charge in [0.1, 0.15) is 5.75 Å². The molecule has 0 spiro atoms. The van der Waals surface area contributed by atoms with Crippen molar-refractivity contribution >= 4 is 34.0 Å². The van der Waals surface area contributed by atoms with E-state index in [2.05, 4.69) is 15.6 Å². The van der Waals surface area contributed by atoms with E-state index in [0.717, 1.165) is 5.69 Å². The lowest BCUT2D eigenvalue weighted by molar-refractivity contribution is -0.122. The Kier molecular flexibility index (Phi) is 3.34. The summed E-state index contributed by atoms with van der Waals surface area (Å²) in [4.78, 5) is 27.9. The number of nitrogens with one attached hydrogen (secondary N) is 2. The van der Waals surface area contributed by atoms with Crippen molar-refractivity contribution in [3.05, 3.63) is 34.8 Å². The highest BCUT2D eigenvalue weighted by molar-refractivity contribution is 7.13. The molecule has 6 nitrogen and oxygen atoms in total. The molecule has 1 aromatic heterocycles. The van der Waals surface area contributed by atoms with Crippen molar-refractivity contribution in [3.63, 3.8) is 0 Å². The molecule has 1 unspecified atom stereocenters. The molecule has 1 aliphatic heterocycles. The number of anilines is 2. The molecule has 2 heterocycles. The number of fused-ring (bicyclic) bond motifs is 1. The monoisotopic (exact) mass is 303 g/mol. The Bertz CT molecular complexity index is 726. The second-order valence-corrected chi connectivity index (χ2v) is 5.57. The molecule has 3 rings (SSSR count). The average Bonchev–Trinajstić information content (AvgIpc) is 2.85. The molecule has 1 aromatic carbocycles. The minimum Gasteiger partial charge on any atom is -0.479 e. The van der Waals surface area contributed by atoms with Crippen LogP contribution < -0.4 is 15.4 Å². The van der Waals surface area contributed by atoms with Crippen LogP contribution in [-0.2, 0) is 4.79 Å². The highest BCUT2D eigenvalue weighted by Gasteiger charge is 2.24. The van der Waals surface area contributed by atoms with E-state index in [1.807, 2.05) is 12.3 Å². The average molecular weight is 303 g/mol. The van der Waals surface area contributed by atoms with Gasteiger partial charge < -0.3 is 10.1 Å². The number of thiazole rings is 1. The van der Waals surface area contributed by atoms with Crippen molar-refractivity contribution in [2.24, 2.45) is 0 Å².